The maximum absolute atomic E-state index is 7.10. The topological polar surface area (TPSA) is 43.5 Å². The molecule has 0 amide bonds. The Kier molecular flexibility index (Phi) is 16.8. The number of unbranched alkanes of at least 4 members (excludes halogenated alkanes) is 8. The predicted octanol–water partition coefficient (Wildman–Crippen LogP) is 15.8. The van der Waals surface area contributed by atoms with Crippen LogP contribution in [0.4, 0.5) is 0 Å². The fourth-order valence-electron chi connectivity index (χ4n) is 9.14. The van der Waals surface area contributed by atoms with E-state index in [1.165, 1.54) is 110 Å². The third kappa shape index (κ3) is 13.0. The SMILES string of the molecule is CCCCCC(C)(C)c1cc(C(C)(C)c2cc(C(C)(C)CCCCC)c(OCC3(C)CO3)c(C(C)(C)CCCCC)c2)cc(C(C)(C)CCCCC)c1OCC1(C)CO1. The molecule has 2 atom stereocenters. The summed E-state index contributed by atoms with van der Waals surface area (Å²) < 4.78 is 26.0. The molecule has 0 aromatic heterocycles. The molecule has 2 saturated heterocycles. The summed E-state index contributed by atoms with van der Waals surface area (Å²) in [5.41, 5.74) is 7.28. The number of benzene rings is 2. The van der Waals surface area contributed by atoms with Gasteiger partial charge in [0.15, 0.2) is 0 Å². The Hall–Kier alpha value is -2.04. The zero-order valence-electron chi connectivity index (χ0n) is 41.6. The minimum atomic E-state index is -0.292. The molecule has 0 N–H and O–H groups in total. The molecule has 336 valence electrons. The first-order valence-electron chi connectivity index (χ1n) is 24.4. The van der Waals surface area contributed by atoms with Crippen LogP contribution in [0, 0.1) is 0 Å². The van der Waals surface area contributed by atoms with E-state index < -0.39 is 0 Å². The van der Waals surface area contributed by atoms with Crippen LogP contribution in [0.2, 0.25) is 0 Å². The molecule has 4 nitrogen and oxygen atoms in total. The number of hydrogen-bond donors (Lipinski definition) is 0. The van der Waals surface area contributed by atoms with Crippen molar-refractivity contribution in [3.63, 3.8) is 0 Å². The molecule has 0 saturated carbocycles. The average Bonchev–Trinajstić information content (AvgIpc) is 4.10. The van der Waals surface area contributed by atoms with Crippen LogP contribution < -0.4 is 9.47 Å². The third-order valence-electron chi connectivity index (χ3n) is 14.5. The molecule has 4 heteroatoms. The van der Waals surface area contributed by atoms with Gasteiger partial charge < -0.3 is 18.9 Å². The van der Waals surface area contributed by atoms with Crippen LogP contribution in [0.3, 0.4) is 0 Å². The molecule has 59 heavy (non-hydrogen) atoms. The van der Waals surface area contributed by atoms with Crippen molar-refractivity contribution in [3.05, 3.63) is 57.6 Å². The number of epoxide rings is 2. The van der Waals surface area contributed by atoms with E-state index in [-0.39, 0.29) is 38.3 Å². The summed E-state index contributed by atoms with van der Waals surface area (Å²) >= 11 is 0. The molecule has 0 bridgehead atoms. The lowest BCUT2D eigenvalue weighted by atomic mass is 9.67. The highest BCUT2D eigenvalue weighted by Gasteiger charge is 2.44. The van der Waals surface area contributed by atoms with E-state index in [0.717, 1.165) is 50.4 Å². The van der Waals surface area contributed by atoms with Crippen molar-refractivity contribution >= 4 is 0 Å². The van der Waals surface area contributed by atoms with E-state index in [1.54, 1.807) is 0 Å². The van der Waals surface area contributed by atoms with E-state index in [2.05, 4.69) is 135 Å². The zero-order chi connectivity index (χ0) is 43.9. The lowest BCUT2D eigenvalue weighted by Crippen LogP contribution is -2.30. The fourth-order valence-corrected chi connectivity index (χ4v) is 9.14. The van der Waals surface area contributed by atoms with Crippen LogP contribution in [-0.4, -0.2) is 37.6 Å². The van der Waals surface area contributed by atoms with Gasteiger partial charge in [0, 0.05) is 27.7 Å². The van der Waals surface area contributed by atoms with E-state index in [1.807, 2.05) is 0 Å². The monoisotopic (exact) mass is 817 g/mol. The lowest BCUT2D eigenvalue weighted by molar-refractivity contribution is 0.194. The summed E-state index contributed by atoms with van der Waals surface area (Å²) in [7, 11) is 0. The van der Waals surface area contributed by atoms with E-state index in [0.29, 0.717) is 13.2 Å². The average molecular weight is 817 g/mol. The Balaban J connectivity index is 2.04. The molecule has 2 fully saturated rings. The summed E-state index contributed by atoms with van der Waals surface area (Å²) in [6, 6.07) is 10.3. The summed E-state index contributed by atoms with van der Waals surface area (Å²) in [6.45, 7) is 41.1. The minimum absolute atomic E-state index is 0.0618. The van der Waals surface area contributed by atoms with Gasteiger partial charge in [0.1, 0.15) is 35.9 Å². The first-order valence-corrected chi connectivity index (χ1v) is 24.4. The van der Waals surface area contributed by atoms with Crippen LogP contribution in [0.1, 0.15) is 247 Å². The maximum Gasteiger partial charge on any atom is 0.126 e. The summed E-state index contributed by atoms with van der Waals surface area (Å²) in [5.74, 6) is 2.22. The molecule has 2 aliphatic rings. The second-order valence-corrected chi connectivity index (χ2v) is 22.8. The highest BCUT2D eigenvalue weighted by molar-refractivity contribution is 5.58. The molecule has 0 aliphatic carbocycles. The minimum Gasteiger partial charge on any atom is -0.490 e. The van der Waals surface area contributed by atoms with Crippen LogP contribution in [0.25, 0.3) is 0 Å². The van der Waals surface area contributed by atoms with Gasteiger partial charge in [-0.15, -0.1) is 0 Å². The van der Waals surface area contributed by atoms with Gasteiger partial charge in [-0.3, -0.25) is 0 Å². The molecule has 2 heterocycles. The molecular formula is C55H92O4. The van der Waals surface area contributed by atoms with Crippen molar-refractivity contribution in [2.75, 3.05) is 26.4 Å². The Morgan fingerprint density at radius 2 is 0.678 bits per heavy atom. The van der Waals surface area contributed by atoms with Gasteiger partial charge in [0.25, 0.3) is 0 Å². The van der Waals surface area contributed by atoms with Gasteiger partial charge in [-0.2, -0.15) is 0 Å². The number of rotatable bonds is 28. The Morgan fingerprint density at radius 3 is 0.881 bits per heavy atom. The number of ether oxygens (including phenoxy) is 4. The van der Waals surface area contributed by atoms with Crippen molar-refractivity contribution in [1.29, 1.82) is 0 Å². The first kappa shape index (κ1) is 49.6. The van der Waals surface area contributed by atoms with Gasteiger partial charge >= 0.3 is 0 Å². The Morgan fingerprint density at radius 1 is 0.441 bits per heavy atom. The molecule has 2 aromatic rings. The van der Waals surface area contributed by atoms with Gasteiger partial charge in [0.2, 0.25) is 0 Å². The summed E-state index contributed by atoms with van der Waals surface area (Å²) in [5, 5.41) is 0. The smallest absolute Gasteiger partial charge is 0.126 e. The molecule has 0 spiro atoms. The summed E-state index contributed by atoms with van der Waals surface area (Å²) in [4.78, 5) is 0. The fraction of sp³-hybridized carbons (Fsp3) is 0.782. The van der Waals surface area contributed by atoms with Crippen LogP contribution in [-0.2, 0) is 36.5 Å². The second kappa shape index (κ2) is 20.0. The second-order valence-electron chi connectivity index (χ2n) is 22.8. The summed E-state index contributed by atoms with van der Waals surface area (Å²) in [6.07, 6.45) is 19.3. The normalized spacial score (nSPS) is 19.9. The molecule has 2 unspecified atom stereocenters. The quantitative estimate of drug-likeness (QED) is 0.0634. The van der Waals surface area contributed by atoms with Crippen molar-refractivity contribution in [2.24, 2.45) is 0 Å². The molecule has 2 aliphatic heterocycles. The van der Waals surface area contributed by atoms with E-state index in [9.17, 15) is 0 Å². The van der Waals surface area contributed by atoms with Crippen molar-refractivity contribution in [2.45, 2.75) is 252 Å². The highest BCUT2D eigenvalue weighted by Crippen LogP contribution is 2.51. The zero-order valence-corrected chi connectivity index (χ0v) is 41.6. The standard InChI is InChI=1S/C55H92O4/c1-17-21-25-29-49(5,6)43-33-41(34-44(50(7,8)30-26-22-18-2)47(43)56-37-54(15)39-58-54)53(13,14)42-35-45(51(9,10)31-27-23-19-3)48(57-38-55(16)40-59-55)46(36-42)52(11,12)32-28-24-20-4/h33-36H,17-32,37-40H2,1-16H3. The Bertz CT molecular complexity index is 1430. The third-order valence-corrected chi connectivity index (χ3v) is 14.5. The largest absolute Gasteiger partial charge is 0.490 e. The van der Waals surface area contributed by atoms with Gasteiger partial charge in [0.05, 0.1) is 13.2 Å². The van der Waals surface area contributed by atoms with Crippen LogP contribution in [0.15, 0.2) is 24.3 Å². The molecule has 0 radical (unpaired) electrons. The van der Waals surface area contributed by atoms with Gasteiger partial charge in [-0.05, 0) is 72.3 Å². The first-order chi connectivity index (χ1) is 27.5. The van der Waals surface area contributed by atoms with Gasteiger partial charge in [-0.25, -0.2) is 0 Å². The molecule has 4 rings (SSSR count). The Labute approximate surface area is 365 Å². The van der Waals surface area contributed by atoms with Crippen LogP contribution in [0.5, 0.6) is 11.5 Å². The van der Waals surface area contributed by atoms with E-state index >= 15 is 0 Å². The number of hydrogen-bond acceptors (Lipinski definition) is 4. The van der Waals surface area contributed by atoms with Crippen molar-refractivity contribution in [1.82, 2.24) is 0 Å². The van der Waals surface area contributed by atoms with Crippen molar-refractivity contribution in [3.8, 4) is 11.5 Å². The maximum atomic E-state index is 7.10. The van der Waals surface area contributed by atoms with Gasteiger partial charge in [-0.1, -0.05) is 198 Å². The van der Waals surface area contributed by atoms with E-state index in [4.69, 9.17) is 18.9 Å². The lowest BCUT2D eigenvalue weighted by Gasteiger charge is -2.39. The van der Waals surface area contributed by atoms with Crippen LogP contribution >= 0.6 is 0 Å². The highest BCUT2D eigenvalue weighted by atomic mass is 16.6. The molecular weight excluding hydrogens is 725 g/mol. The predicted molar refractivity (Wildman–Crippen MR) is 253 cm³/mol. The van der Waals surface area contributed by atoms with Crippen molar-refractivity contribution < 1.29 is 18.9 Å². The molecule has 2 aromatic carbocycles.